The maximum absolute atomic E-state index is 6.14. The molecule has 0 amide bonds. The maximum atomic E-state index is 6.14. The molecule has 0 spiro atoms. The highest BCUT2D eigenvalue weighted by Crippen LogP contribution is 2.37. The molecule has 0 aromatic rings. The summed E-state index contributed by atoms with van der Waals surface area (Å²) in [6.07, 6.45) is 8.47. The summed E-state index contributed by atoms with van der Waals surface area (Å²) in [7, 11) is 0. The number of hydrogen-bond acceptors (Lipinski definition) is 2. The van der Waals surface area contributed by atoms with Crippen molar-refractivity contribution in [2.24, 2.45) is 23.5 Å². The Morgan fingerprint density at radius 1 is 1.06 bits per heavy atom. The largest absolute Gasteiger partial charge is 0.329 e. The van der Waals surface area contributed by atoms with Crippen molar-refractivity contribution in [3.8, 4) is 0 Å². The first-order chi connectivity index (χ1) is 8.61. The van der Waals surface area contributed by atoms with Gasteiger partial charge in [0, 0.05) is 25.2 Å². The van der Waals surface area contributed by atoms with Crippen molar-refractivity contribution < 1.29 is 0 Å². The molecule has 0 heterocycles. The zero-order valence-corrected chi connectivity index (χ0v) is 12.6. The van der Waals surface area contributed by atoms with Crippen LogP contribution in [-0.4, -0.2) is 30.1 Å². The van der Waals surface area contributed by atoms with E-state index in [1.165, 1.54) is 45.1 Å². The monoisotopic (exact) mass is 252 g/mol. The molecule has 2 aliphatic rings. The fourth-order valence-corrected chi connectivity index (χ4v) is 3.65. The lowest BCUT2D eigenvalue weighted by Crippen LogP contribution is -2.49. The highest BCUT2D eigenvalue weighted by atomic mass is 15.2. The molecule has 106 valence electrons. The van der Waals surface area contributed by atoms with Gasteiger partial charge in [-0.05, 0) is 43.4 Å². The fraction of sp³-hybridized carbons (Fsp3) is 1.00. The Morgan fingerprint density at radius 3 is 2.11 bits per heavy atom. The van der Waals surface area contributed by atoms with Crippen LogP contribution in [0, 0.1) is 17.8 Å². The zero-order chi connectivity index (χ0) is 13.1. The van der Waals surface area contributed by atoms with Crippen LogP contribution in [0.2, 0.25) is 0 Å². The van der Waals surface area contributed by atoms with Gasteiger partial charge in [-0.1, -0.05) is 33.6 Å². The molecule has 18 heavy (non-hydrogen) atoms. The molecule has 2 aliphatic carbocycles. The highest BCUT2D eigenvalue weighted by Gasteiger charge is 2.37. The summed E-state index contributed by atoms with van der Waals surface area (Å²) in [5, 5.41) is 0. The molecule has 2 nitrogen and oxygen atoms in total. The van der Waals surface area contributed by atoms with Gasteiger partial charge < -0.3 is 5.73 Å². The second-order valence-corrected chi connectivity index (χ2v) is 7.14. The molecule has 0 radical (unpaired) electrons. The summed E-state index contributed by atoms with van der Waals surface area (Å²) >= 11 is 0. The van der Waals surface area contributed by atoms with Gasteiger partial charge in [0.1, 0.15) is 0 Å². The molecule has 0 saturated heterocycles. The summed E-state index contributed by atoms with van der Waals surface area (Å²) in [5.74, 6) is 2.58. The van der Waals surface area contributed by atoms with Crippen LogP contribution in [0.25, 0.3) is 0 Å². The van der Waals surface area contributed by atoms with Crippen molar-refractivity contribution in [1.82, 2.24) is 4.90 Å². The molecule has 0 aliphatic heterocycles. The average molecular weight is 252 g/mol. The third kappa shape index (κ3) is 3.71. The van der Waals surface area contributed by atoms with E-state index in [0.29, 0.717) is 6.04 Å². The first-order valence-corrected chi connectivity index (χ1v) is 8.07. The maximum Gasteiger partial charge on any atom is 0.0249 e. The lowest BCUT2D eigenvalue weighted by Gasteiger charge is -2.40. The minimum atomic E-state index is 0.660. The Labute approximate surface area is 113 Å². The van der Waals surface area contributed by atoms with Gasteiger partial charge in [-0.15, -0.1) is 0 Å². The van der Waals surface area contributed by atoms with E-state index in [9.17, 15) is 0 Å². The number of hydrogen-bond donors (Lipinski definition) is 1. The van der Waals surface area contributed by atoms with Gasteiger partial charge in [-0.3, -0.25) is 4.90 Å². The quantitative estimate of drug-likeness (QED) is 0.786. The van der Waals surface area contributed by atoms with Crippen LogP contribution in [0.5, 0.6) is 0 Å². The number of rotatable bonds is 6. The smallest absolute Gasteiger partial charge is 0.0249 e. The Hall–Kier alpha value is -0.0800. The number of nitrogens with two attached hydrogens (primary N) is 1. The molecule has 1 unspecified atom stereocenters. The molecule has 2 N–H and O–H groups in total. The van der Waals surface area contributed by atoms with Gasteiger partial charge in [0.25, 0.3) is 0 Å². The van der Waals surface area contributed by atoms with Crippen LogP contribution in [0.4, 0.5) is 0 Å². The Morgan fingerprint density at radius 2 is 1.67 bits per heavy atom. The third-order valence-electron chi connectivity index (χ3n) is 4.86. The molecule has 2 heteroatoms. The van der Waals surface area contributed by atoms with Crippen LogP contribution in [0.15, 0.2) is 0 Å². The lowest BCUT2D eigenvalue weighted by molar-refractivity contribution is 0.0933. The van der Waals surface area contributed by atoms with Gasteiger partial charge in [0.2, 0.25) is 0 Å². The van der Waals surface area contributed by atoms with E-state index in [-0.39, 0.29) is 0 Å². The van der Waals surface area contributed by atoms with Crippen molar-refractivity contribution in [1.29, 1.82) is 0 Å². The Kier molecular flexibility index (Phi) is 5.08. The van der Waals surface area contributed by atoms with Crippen LogP contribution in [0.3, 0.4) is 0 Å². The Balaban J connectivity index is 1.96. The predicted octanol–water partition coefficient (Wildman–Crippen LogP) is 3.26. The standard InChI is InChI=1S/C16H32N2/c1-12(2)11-18(15-8-9-15)16(10-17)14-6-4-13(3)5-7-14/h12-16H,4-11,17H2,1-3H3. The molecule has 2 rings (SSSR count). The molecular formula is C16H32N2. The fourth-order valence-electron chi connectivity index (χ4n) is 3.65. The lowest BCUT2D eigenvalue weighted by atomic mass is 9.78. The molecule has 2 saturated carbocycles. The first-order valence-electron chi connectivity index (χ1n) is 8.07. The van der Waals surface area contributed by atoms with Gasteiger partial charge in [0.05, 0.1) is 0 Å². The van der Waals surface area contributed by atoms with Crippen molar-refractivity contribution >= 4 is 0 Å². The molecule has 0 aromatic carbocycles. The SMILES string of the molecule is CC(C)CN(C1CC1)C(CN)C1CCC(C)CC1. The molecular weight excluding hydrogens is 220 g/mol. The van der Waals surface area contributed by atoms with Crippen LogP contribution < -0.4 is 5.73 Å². The van der Waals surface area contributed by atoms with Gasteiger partial charge in [-0.2, -0.15) is 0 Å². The summed E-state index contributed by atoms with van der Waals surface area (Å²) in [6, 6.07) is 1.52. The second kappa shape index (κ2) is 6.38. The third-order valence-corrected chi connectivity index (χ3v) is 4.86. The molecule has 0 aromatic heterocycles. The zero-order valence-electron chi connectivity index (χ0n) is 12.6. The van der Waals surface area contributed by atoms with E-state index in [0.717, 1.165) is 30.3 Å². The van der Waals surface area contributed by atoms with Crippen molar-refractivity contribution in [3.05, 3.63) is 0 Å². The summed E-state index contributed by atoms with van der Waals surface area (Å²) < 4.78 is 0. The highest BCUT2D eigenvalue weighted by molar-refractivity contribution is 4.93. The first kappa shape index (κ1) is 14.3. The number of nitrogens with zero attached hydrogens (tertiary/aromatic N) is 1. The van der Waals surface area contributed by atoms with Gasteiger partial charge >= 0.3 is 0 Å². The molecule has 0 bridgehead atoms. The predicted molar refractivity (Wildman–Crippen MR) is 78.5 cm³/mol. The summed E-state index contributed by atoms with van der Waals surface area (Å²) in [5.41, 5.74) is 6.14. The summed E-state index contributed by atoms with van der Waals surface area (Å²) in [6.45, 7) is 9.19. The minimum absolute atomic E-state index is 0.660. The second-order valence-electron chi connectivity index (χ2n) is 7.14. The van der Waals surface area contributed by atoms with Crippen LogP contribution >= 0.6 is 0 Å². The van der Waals surface area contributed by atoms with Crippen molar-refractivity contribution in [2.75, 3.05) is 13.1 Å². The van der Waals surface area contributed by atoms with Gasteiger partial charge in [0.15, 0.2) is 0 Å². The van der Waals surface area contributed by atoms with Crippen LogP contribution in [0.1, 0.15) is 59.3 Å². The van der Waals surface area contributed by atoms with Crippen molar-refractivity contribution in [2.45, 2.75) is 71.4 Å². The molecule has 1 atom stereocenters. The van der Waals surface area contributed by atoms with E-state index in [1.807, 2.05) is 0 Å². The molecule has 2 fully saturated rings. The van der Waals surface area contributed by atoms with Gasteiger partial charge in [-0.25, -0.2) is 0 Å². The van der Waals surface area contributed by atoms with Crippen LogP contribution in [-0.2, 0) is 0 Å². The Bertz CT molecular complexity index is 239. The topological polar surface area (TPSA) is 29.3 Å². The van der Waals surface area contributed by atoms with E-state index >= 15 is 0 Å². The van der Waals surface area contributed by atoms with E-state index < -0.39 is 0 Å². The van der Waals surface area contributed by atoms with Crippen molar-refractivity contribution in [3.63, 3.8) is 0 Å². The normalized spacial score (nSPS) is 31.0. The summed E-state index contributed by atoms with van der Waals surface area (Å²) in [4.78, 5) is 2.77. The van der Waals surface area contributed by atoms with E-state index in [4.69, 9.17) is 5.73 Å². The average Bonchev–Trinajstić information content (AvgIpc) is 3.14. The van der Waals surface area contributed by atoms with E-state index in [1.54, 1.807) is 0 Å². The minimum Gasteiger partial charge on any atom is -0.329 e. The van der Waals surface area contributed by atoms with E-state index in [2.05, 4.69) is 25.7 Å².